The van der Waals surface area contributed by atoms with Gasteiger partial charge in [-0.3, -0.25) is 4.79 Å². The number of carbonyl (C=O) groups excluding carboxylic acids is 1. The summed E-state index contributed by atoms with van der Waals surface area (Å²) in [5.74, 6) is 0.863. The Kier molecular flexibility index (Phi) is 3.73. The number of para-hydroxylation sites is 1. The van der Waals surface area contributed by atoms with Gasteiger partial charge in [0.25, 0.3) is 5.91 Å². The van der Waals surface area contributed by atoms with E-state index in [2.05, 4.69) is 11.2 Å². The fraction of sp³-hybridized carbons (Fsp3) is 0.263. The van der Waals surface area contributed by atoms with Gasteiger partial charge >= 0.3 is 0 Å². The maximum Gasteiger partial charge on any atom is 0.268 e. The number of nitrogens with zero attached hydrogens (tertiary/aromatic N) is 2. The predicted molar refractivity (Wildman–Crippen MR) is 95.7 cm³/mol. The summed E-state index contributed by atoms with van der Waals surface area (Å²) in [7, 11) is 0. The zero-order valence-electron chi connectivity index (χ0n) is 13.7. The Hall–Kier alpha value is -2.40. The zero-order chi connectivity index (χ0) is 16.7. The van der Waals surface area contributed by atoms with E-state index in [0.717, 1.165) is 51.8 Å². The van der Waals surface area contributed by atoms with E-state index in [1.165, 1.54) is 16.9 Å². The standard InChI is InChI=1S/C19H18N2O2S/c1-12-18(13(2)23-20-12)16-9-10-17(24-16)19(22)21-11-5-7-14-6-3-4-8-15(14)21/h3-4,6,8-10H,5,7,11H2,1-2H3. The van der Waals surface area contributed by atoms with Crippen LogP contribution in [0.5, 0.6) is 0 Å². The van der Waals surface area contributed by atoms with Crippen molar-refractivity contribution in [3.05, 3.63) is 58.3 Å². The molecule has 0 aliphatic carbocycles. The summed E-state index contributed by atoms with van der Waals surface area (Å²) in [5, 5.41) is 4.00. The van der Waals surface area contributed by atoms with E-state index in [4.69, 9.17) is 4.52 Å². The SMILES string of the molecule is Cc1noc(C)c1-c1ccc(C(=O)N2CCCc3ccccc32)s1. The average molecular weight is 338 g/mol. The number of aromatic nitrogens is 1. The molecule has 0 fully saturated rings. The largest absolute Gasteiger partial charge is 0.361 e. The fourth-order valence-electron chi connectivity index (χ4n) is 3.30. The quantitative estimate of drug-likeness (QED) is 0.685. The second-order valence-corrected chi connectivity index (χ2v) is 7.14. The number of benzene rings is 1. The third-order valence-corrected chi connectivity index (χ3v) is 5.54. The van der Waals surface area contributed by atoms with Crippen LogP contribution in [0, 0.1) is 13.8 Å². The molecule has 1 aliphatic heterocycles. The highest BCUT2D eigenvalue weighted by atomic mass is 32.1. The van der Waals surface area contributed by atoms with Gasteiger partial charge in [0, 0.05) is 17.1 Å². The number of thiophene rings is 1. The molecule has 0 spiro atoms. The number of aryl methyl sites for hydroxylation is 3. The number of amides is 1. The van der Waals surface area contributed by atoms with Gasteiger partial charge in [0.05, 0.1) is 16.1 Å². The van der Waals surface area contributed by atoms with Gasteiger partial charge in [0.2, 0.25) is 0 Å². The minimum Gasteiger partial charge on any atom is -0.361 e. The van der Waals surface area contributed by atoms with Crippen molar-refractivity contribution in [1.82, 2.24) is 5.16 Å². The van der Waals surface area contributed by atoms with Gasteiger partial charge in [-0.2, -0.15) is 0 Å². The molecule has 0 atom stereocenters. The Bertz CT molecular complexity index is 890. The molecule has 1 amide bonds. The van der Waals surface area contributed by atoms with Crippen molar-refractivity contribution in [2.75, 3.05) is 11.4 Å². The summed E-state index contributed by atoms with van der Waals surface area (Å²) in [5.41, 5.74) is 4.15. The molecule has 3 aromatic rings. The first-order valence-electron chi connectivity index (χ1n) is 8.08. The second-order valence-electron chi connectivity index (χ2n) is 6.05. The van der Waals surface area contributed by atoms with Crippen molar-refractivity contribution < 1.29 is 9.32 Å². The Labute approximate surface area is 144 Å². The van der Waals surface area contributed by atoms with E-state index in [1.807, 2.05) is 49.1 Å². The first kappa shape index (κ1) is 15.1. The summed E-state index contributed by atoms with van der Waals surface area (Å²) < 4.78 is 5.24. The molecule has 0 N–H and O–H groups in total. The molecule has 24 heavy (non-hydrogen) atoms. The van der Waals surface area contributed by atoms with Crippen LogP contribution in [0.15, 0.2) is 40.9 Å². The van der Waals surface area contributed by atoms with Crippen molar-refractivity contribution in [2.45, 2.75) is 26.7 Å². The first-order valence-corrected chi connectivity index (χ1v) is 8.89. The van der Waals surface area contributed by atoms with E-state index >= 15 is 0 Å². The zero-order valence-corrected chi connectivity index (χ0v) is 14.5. The third kappa shape index (κ3) is 2.45. The molecule has 0 bridgehead atoms. The van der Waals surface area contributed by atoms with Gasteiger partial charge in [0.15, 0.2) is 0 Å². The van der Waals surface area contributed by atoms with Gasteiger partial charge in [-0.1, -0.05) is 23.4 Å². The van der Waals surface area contributed by atoms with Crippen LogP contribution in [0.4, 0.5) is 5.69 Å². The van der Waals surface area contributed by atoms with Crippen LogP contribution in [0.2, 0.25) is 0 Å². The molecule has 0 unspecified atom stereocenters. The van der Waals surface area contributed by atoms with E-state index in [-0.39, 0.29) is 5.91 Å². The lowest BCUT2D eigenvalue weighted by molar-refractivity contribution is 0.0989. The molecule has 1 aromatic carbocycles. The topological polar surface area (TPSA) is 46.3 Å². The number of fused-ring (bicyclic) bond motifs is 1. The Morgan fingerprint density at radius 2 is 2.04 bits per heavy atom. The normalized spacial score (nSPS) is 13.8. The second kappa shape index (κ2) is 5.91. The molecule has 2 aromatic heterocycles. The van der Waals surface area contributed by atoms with Crippen molar-refractivity contribution in [1.29, 1.82) is 0 Å². The molecule has 0 radical (unpaired) electrons. The predicted octanol–water partition coefficient (Wildman–Crippen LogP) is 4.61. The van der Waals surface area contributed by atoms with E-state index < -0.39 is 0 Å². The number of anilines is 1. The van der Waals surface area contributed by atoms with Crippen LogP contribution in [-0.2, 0) is 6.42 Å². The Balaban J connectivity index is 1.68. The summed E-state index contributed by atoms with van der Waals surface area (Å²) >= 11 is 1.50. The summed E-state index contributed by atoms with van der Waals surface area (Å²) in [4.78, 5) is 16.7. The van der Waals surface area contributed by atoms with Gasteiger partial charge in [-0.25, -0.2) is 0 Å². The number of carbonyl (C=O) groups is 1. The lowest BCUT2D eigenvalue weighted by Gasteiger charge is -2.29. The lowest BCUT2D eigenvalue weighted by atomic mass is 10.0. The molecule has 1 aliphatic rings. The first-order chi connectivity index (χ1) is 11.6. The van der Waals surface area contributed by atoms with E-state index in [1.54, 1.807) is 0 Å². The van der Waals surface area contributed by atoms with Crippen molar-refractivity contribution in [3.63, 3.8) is 0 Å². The van der Waals surface area contributed by atoms with Gasteiger partial charge in [0.1, 0.15) is 5.76 Å². The number of hydrogen-bond acceptors (Lipinski definition) is 4. The average Bonchev–Trinajstić information content (AvgIpc) is 3.20. The molecule has 4 rings (SSSR count). The summed E-state index contributed by atoms with van der Waals surface area (Å²) in [6.07, 6.45) is 2.04. The maximum absolute atomic E-state index is 13.0. The minimum atomic E-state index is 0.0742. The lowest BCUT2D eigenvalue weighted by Crippen LogP contribution is -2.34. The molecular formula is C19H18N2O2S. The van der Waals surface area contributed by atoms with Crippen LogP contribution < -0.4 is 4.90 Å². The molecule has 0 saturated carbocycles. The molecular weight excluding hydrogens is 320 g/mol. The van der Waals surface area contributed by atoms with Gasteiger partial charge in [-0.15, -0.1) is 11.3 Å². The highest BCUT2D eigenvalue weighted by Crippen LogP contribution is 2.35. The van der Waals surface area contributed by atoms with Crippen LogP contribution >= 0.6 is 11.3 Å². The summed E-state index contributed by atoms with van der Waals surface area (Å²) in [6, 6.07) is 12.1. The van der Waals surface area contributed by atoms with Crippen LogP contribution in [0.25, 0.3) is 10.4 Å². The molecule has 4 nitrogen and oxygen atoms in total. The van der Waals surface area contributed by atoms with Crippen molar-refractivity contribution in [3.8, 4) is 10.4 Å². The smallest absolute Gasteiger partial charge is 0.268 e. The van der Waals surface area contributed by atoms with Crippen LogP contribution in [-0.4, -0.2) is 17.6 Å². The molecule has 3 heterocycles. The monoisotopic (exact) mass is 338 g/mol. The number of hydrogen-bond donors (Lipinski definition) is 0. The van der Waals surface area contributed by atoms with Crippen LogP contribution in [0.3, 0.4) is 0 Å². The van der Waals surface area contributed by atoms with Crippen molar-refractivity contribution in [2.24, 2.45) is 0 Å². The fourth-order valence-corrected chi connectivity index (χ4v) is 4.40. The molecule has 0 saturated heterocycles. The van der Waals surface area contributed by atoms with Gasteiger partial charge < -0.3 is 9.42 Å². The van der Waals surface area contributed by atoms with E-state index in [9.17, 15) is 4.79 Å². The number of rotatable bonds is 2. The van der Waals surface area contributed by atoms with Gasteiger partial charge in [-0.05, 0) is 50.5 Å². The highest BCUT2D eigenvalue weighted by Gasteiger charge is 2.25. The minimum absolute atomic E-state index is 0.0742. The Morgan fingerprint density at radius 3 is 2.83 bits per heavy atom. The van der Waals surface area contributed by atoms with Crippen molar-refractivity contribution >= 4 is 22.9 Å². The summed E-state index contributed by atoms with van der Waals surface area (Å²) in [6.45, 7) is 4.60. The molecule has 122 valence electrons. The van der Waals surface area contributed by atoms with E-state index in [0.29, 0.717) is 0 Å². The Morgan fingerprint density at radius 1 is 1.21 bits per heavy atom. The third-order valence-electron chi connectivity index (χ3n) is 4.45. The van der Waals surface area contributed by atoms with Crippen LogP contribution in [0.1, 0.15) is 33.1 Å². The highest BCUT2D eigenvalue weighted by molar-refractivity contribution is 7.17. The molecule has 5 heteroatoms. The maximum atomic E-state index is 13.0.